The Morgan fingerprint density at radius 3 is 2.05 bits per heavy atom. The average Bonchev–Trinajstić information content (AvgIpc) is 2.40. The summed E-state index contributed by atoms with van der Waals surface area (Å²) in [4.78, 5) is 13.3. The Morgan fingerprint density at radius 2 is 1.52 bits per heavy atom. The smallest absolute Gasteiger partial charge is 0.341 e. The van der Waals surface area contributed by atoms with Crippen LogP contribution in [0.1, 0.15) is 0 Å². The molecule has 0 radical (unpaired) electrons. The molecule has 4 N–H and O–H groups in total. The van der Waals surface area contributed by atoms with Crippen LogP contribution in [0.3, 0.4) is 0 Å². The molecule has 0 unspecified atom stereocenters. The molecule has 0 saturated heterocycles. The van der Waals surface area contributed by atoms with E-state index in [9.17, 15) is 18.3 Å². The van der Waals surface area contributed by atoms with Crippen LogP contribution in [0, 0.1) is 0 Å². The second kappa shape index (κ2) is 5.81. The van der Waals surface area contributed by atoms with Crippen molar-refractivity contribution in [3.63, 3.8) is 0 Å². The Morgan fingerprint density at radius 1 is 1.00 bits per heavy atom. The van der Waals surface area contributed by atoms with Crippen LogP contribution < -0.4 is 14.8 Å². The van der Waals surface area contributed by atoms with Gasteiger partial charge in [-0.3, -0.25) is 4.90 Å². The molecule has 0 aliphatic rings. The summed E-state index contributed by atoms with van der Waals surface area (Å²) in [5.41, 5.74) is 0.824. The lowest BCUT2D eigenvalue weighted by atomic mass is 10.2. The molecule has 110 valence electrons. The zero-order chi connectivity index (χ0) is 15.5. The van der Waals surface area contributed by atoms with E-state index in [0.29, 0.717) is 11.4 Å². The van der Waals surface area contributed by atoms with Crippen molar-refractivity contribution in [1.82, 2.24) is 4.72 Å². The van der Waals surface area contributed by atoms with Gasteiger partial charge in [-0.25, -0.2) is 14.7 Å². The maximum atomic E-state index is 12.1. The van der Waals surface area contributed by atoms with Gasteiger partial charge in [0.25, 0.3) is 10.2 Å². The first-order valence-corrected chi connectivity index (χ1v) is 7.40. The average molecular weight is 307 g/mol. The number of anilines is 2. The number of rotatable bonds is 3. The van der Waals surface area contributed by atoms with Crippen LogP contribution in [-0.2, 0) is 10.2 Å². The molecule has 8 heteroatoms. The van der Waals surface area contributed by atoms with E-state index in [1.165, 1.54) is 24.3 Å². The molecule has 0 fully saturated rings. The summed E-state index contributed by atoms with van der Waals surface area (Å²) in [6.07, 6.45) is 0. The van der Waals surface area contributed by atoms with Crippen LogP contribution in [-0.4, -0.2) is 19.6 Å². The number of nitrogens with two attached hydrogens (primary N) is 1. The van der Waals surface area contributed by atoms with Crippen molar-refractivity contribution in [2.24, 2.45) is 5.14 Å². The van der Waals surface area contributed by atoms with Crippen molar-refractivity contribution < 1.29 is 18.3 Å². The summed E-state index contributed by atoms with van der Waals surface area (Å²) in [6, 6.07) is 13.2. The molecule has 0 saturated carbocycles. The zero-order valence-electron chi connectivity index (χ0n) is 10.8. The van der Waals surface area contributed by atoms with Crippen molar-refractivity contribution in [2.45, 2.75) is 0 Å². The standard InChI is InChI=1S/C13H13N3O4S/c14-21(19,20)15-13(18)16(10-4-2-1-3-5-10)11-6-8-12(17)9-7-11/h1-9,17H,(H,15,18)(H2,14,19,20). The number of amides is 2. The van der Waals surface area contributed by atoms with Crippen molar-refractivity contribution in [3.8, 4) is 5.75 Å². The Bertz CT molecular complexity index is 730. The highest BCUT2D eigenvalue weighted by molar-refractivity contribution is 7.87. The number of phenols is 1. The minimum Gasteiger partial charge on any atom is -0.508 e. The van der Waals surface area contributed by atoms with Crippen molar-refractivity contribution in [3.05, 3.63) is 54.6 Å². The van der Waals surface area contributed by atoms with E-state index in [2.05, 4.69) is 0 Å². The first-order chi connectivity index (χ1) is 9.87. The van der Waals surface area contributed by atoms with Gasteiger partial charge in [0.1, 0.15) is 5.75 Å². The van der Waals surface area contributed by atoms with Gasteiger partial charge in [0.15, 0.2) is 0 Å². The van der Waals surface area contributed by atoms with Crippen molar-refractivity contribution >= 4 is 27.6 Å². The number of benzene rings is 2. The first-order valence-electron chi connectivity index (χ1n) is 5.85. The number of para-hydroxylation sites is 1. The van der Waals surface area contributed by atoms with E-state index < -0.39 is 16.2 Å². The molecule has 0 atom stereocenters. The molecule has 2 amide bonds. The van der Waals surface area contributed by atoms with Crippen LogP contribution in [0.5, 0.6) is 5.75 Å². The van der Waals surface area contributed by atoms with Crippen LogP contribution in [0.2, 0.25) is 0 Å². The topological polar surface area (TPSA) is 113 Å². The predicted octanol–water partition coefficient (Wildman–Crippen LogP) is 1.44. The van der Waals surface area contributed by atoms with Crippen LogP contribution in [0.25, 0.3) is 0 Å². The fourth-order valence-electron chi connectivity index (χ4n) is 1.73. The molecule has 2 rings (SSSR count). The van der Waals surface area contributed by atoms with Gasteiger partial charge in [0.05, 0.1) is 11.4 Å². The summed E-state index contributed by atoms with van der Waals surface area (Å²) in [5.74, 6) is 0.0265. The maximum Gasteiger partial charge on any atom is 0.341 e. The largest absolute Gasteiger partial charge is 0.508 e. The molecule has 0 aliphatic heterocycles. The van der Waals surface area contributed by atoms with Gasteiger partial charge in [0.2, 0.25) is 0 Å². The molecule has 7 nitrogen and oxygen atoms in total. The molecule has 2 aromatic carbocycles. The molecule has 2 aromatic rings. The normalized spacial score (nSPS) is 10.9. The predicted molar refractivity (Wildman–Crippen MR) is 78.3 cm³/mol. The summed E-state index contributed by atoms with van der Waals surface area (Å²) in [5, 5.41) is 14.1. The molecule has 0 bridgehead atoms. The second-order valence-electron chi connectivity index (χ2n) is 4.14. The minimum absolute atomic E-state index is 0.0265. The van der Waals surface area contributed by atoms with Crippen molar-refractivity contribution in [1.29, 1.82) is 0 Å². The van der Waals surface area contributed by atoms with Crippen LogP contribution >= 0.6 is 0 Å². The van der Waals surface area contributed by atoms with Gasteiger partial charge in [-0.2, -0.15) is 8.42 Å². The lowest BCUT2D eigenvalue weighted by Gasteiger charge is -2.22. The lowest BCUT2D eigenvalue weighted by Crippen LogP contribution is -2.43. The van der Waals surface area contributed by atoms with E-state index in [0.717, 1.165) is 4.90 Å². The molecule has 0 spiro atoms. The number of nitrogens with zero attached hydrogens (tertiary/aromatic N) is 1. The summed E-state index contributed by atoms with van der Waals surface area (Å²) < 4.78 is 23.8. The highest BCUT2D eigenvalue weighted by atomic mass is 32.2. The van der Waals surface area contributed by atoms with Gasteiger partial charge < -0.3 is 5.11 Å². The third-order valence-electron chi connectivity index (χ3n) is 2.55. The summed E-state index contributed by atoms with van der Waals surface area (Å²) in [6.45, 7) is 0. The van der Waals surface area contributed by atoms with E-state index in [4.69, 9.17) is 5.14 Å². The van der Waals surface area contributed by atoms with Gasteiger partial charge in [0, 0.05) is 0 Å². The number of aromatic hydroxyl groups is 1. The fraction of sp³-hybridized carbons (Fsp3) is 0. The molecule has 0 aromatic heterocycles. The number of hydrogen-bond donors (Lipinski definition) is 3. The minimum atomic E-state index is -4.18. The molecule has 0 aliphatic carbocycles. The Kier molecular flexibility index (Phi) is 4.10. The Hall–Kier alpha value is -2.58. The highest BCUT2D eigenvalue weighted by Gasteiger charge is 2.21. The van der Waals surface area contributed by atoms with E-state index in [1.54, 1.807) is 35.1 Å². The number of urea groups is 1. The number of hydrogen-bond acceptors (Lipinski definition) is 4. The molecular weight excluding hydrogens is 294 g/mol. The SMILES string of the molecule is NS(=O)(=O)NC(=O)N(c1ccccc1)c1ccc(O)cc1. The van der Waals surface area contributed by atoms with Gasteiger partial charge in [-0.1, -0.05) is 18.2 Å². The van der Waals surface area contributed by atoms with Gasteiger partial charge >= 0.3 is 6.03 Å². The van der Waals surface area contributed by atoms with E-state index >= 15 is 0 Å². The van der Waals surface area contributed by atoms with Gasteiger partial charge in [-0.05, 0) is 36.4 Å². The summed E-state index contributed by atoms with van der Waals surface area (Å²) in [7, 11) is -4.18. The zero-order valence-corrected chi connectivity index (χ0v) is 11.6. The first kappa shape index (κ1) is 14.8. The lowest BCUT2D eigenvalue weighted by molar-refractivity contribution is 0.253. The number of phenolic OH excluding ortho intramolecular Hbond substituents is 1. The Balaban J connectivity index is 2.44. The molecule has 21 heavy (non-hydrogen) atoms. The maximum absolute atomic E-state index is 12.1. The summed E-state index contributed by atoms with van der Waals surface area (Å²) >= 11 is 0. The third kappa shape index (κ3) is 3.94. The van der Waals surface area contributed by atoms with E-state index in [-0.39, 0.29) is 5.75 Å². The highest BCUT2D eigenvalue weighted by Crippen LogP contribution is 2.26. The Labute approximate surface area is 121 Å². The quantitative estimate of drug-likeness (QED) is 0.796. The second-order valence-corrected chi connectivity index (χ2v) is 5.43. The third-order valence-corrected chi connectivity index (χ3v) is 3.01. The monoisotopic (exact) mass is 307 g/mol. The fourth-order valence-corrected chi connectivity index (χ4v) is 2.06. The van der Waals surface area contributed by atoms with E-state index in [1.807, 2.05) is 0 Å². The van der Waals surface area contributed by atoms with Crippen LogP contribution in [0.4, 0.5) is 16.2 Å². The molecule has 0 heterocycles. The van der Waals surface area contributed by atoms with Crippen molar-refractivity contribution in [2.75, 3.05) is 4.90 Å². The number of carbonyl (C=O) groups is 1. The number of carbonyl (C=O) groups excluding carboxylic acids is 1. The molecular formula is C13H13N3O4S. The van der Waals surface area contributed by atoms with Gasteiger partial charge in [-0.15, -0.1) is 0 Å². The van der Waals surface area contributed by atoms with Crippen LogP contribution in [0.15, 0.2) is 54.6 Å². The number of nitrogens with one attached hydrogen (secondary N) is 1.